The number of thiophene rings is 1. The number of carbonyl (C=O) groups is 2. The number of carbonyl (C=O) groups excluding carboxylic acids is 2. The van der Waals surface area contributed by atoms with Gasteiger partial charge in [-0.05, 0) is 29.3 Å². The minimum absolute atomic E-state index is 0.0111. The van der Waals surface area contributed by atoms with Crippen molar-refractivity contribution in [3.8, 4) is 0 Å². The fourth-order valence-corrected chi connectivity index (χ4v) is 3.48. The third kappa shape index (κ3) is 3.48. The molecule has 120 valence electrons. The van der Waals surface area contributed by atoms with Gasteiger partial charge in [-0.3, -0.25) is 9.59 Å². The van der Waals surface area contributed by atoms with Crippen molar-refractivity contribution in [2.75, 3.05) is 39.4 Å². The van der Waals surface area contributed by atoms with Gasteiger partial charge in [0.2, 0.25) is 11.8 Å². The summed E-state index contributed by atoms with van der Waals surface area (Å²) in [6.45, 7) is 4.26. The Kier molecular flexibility index (Phi) is 4.75. The van der Waals surface area contributed by atoms with E-state index in [1.165, 1.54) is 0 Å². The van der Waals surface area contributed by atoms with E-state index in [0.717, 1.165) is 5.56 Å². The van der Waals surface area contributed by atoms with Crippen LogP contribution in [-0.2, 0) is 19.1 Å². The molecule has 6 nitrogen and oxygen atoms in total. The van der Waals surface area contributed by atoms with Gasteiger partial charge in [-0.25, -0.2) is 0 Å². The van der Waals surface area contributed by atoms with Crippen LogP contribution in [-0.4, -0.2) is 67.1 Å². The zero-order valence-corrected chi connectivity index (χ0v) is 13.4. The average molecular weight is 324 g/mol. The molecule has 2 saturated heterocycles. The van der Waals surface area contributed by atoms with E-state index in [-0.39, 0.29) is 37.2 Å². The molecule has 3 rings (SSSR count). The second kappa shape index (κ2) is 6.76. The Morgan fingerprint density at radius 1 is 1.45 bits per heavy atom. The number of morpholine rings is 2. The predicted molar refractivity (Wildman–Crippen MR) is 81.6 cm³/mol. The summed E-state index contributed by atoms with van der Waals surface area (Å²) < 4.78 is 11.0. The van der Waals surface area contributed by atoms with Crippen LogP contribution in [0.3, 0.4) is 0 Å². The maximum atomic E-state index is 12.5. The molecule has 0 unspecified atom stereocenters. The molecule has 2 amide bonds. The molecule has 1 aromatic heterocycles. The molecule has 3 heterocycles. The maximum Gasteiger partial charge on any atom is 0.249 e. The average Bonchev–Trinajstić information content (AvgIpc) is 3.03. The largest absolute Gasteiger partial charge is 0.370 e. The van der Waals surface area contributed by atoms with Gasteiger partial charge in [0.25, 0.3) is 0 Å². The molecule has 2 atom stereocenters. The highest BCUT2D eigenvalue weighted by Crippen LogP contribution is 2.26. The van der Waals surface area contributed by atoms with Crippen LogP contribution in [0.15, 0.2) is 16.8 Å². The molecule has 0 aliphatic carbocycles. The molecule has 0 spiro atoms. The van der Waals surface area contributed by atoms with Gasteiger partial charge < -0.3 is 19.3 Å². The van der Waals surface area contributed by atoms with Gasteiger partial charge in [0.15, 0.2) is 0 Å². The van der Waals surface area contributed by atoms with Crippen LogP contribution in [0.25, 0.3) is 0 Å². The van der Waals surface area contributed by atoms with Gasteiger partial charge in [0.1, 0.15) is 12.7 Å². The second-order valence-electron chi connectivity index (χ2n) is 5.66. The van der Waals surface area contributed by atoms with E-state index in [0.29, 0.717) is 26.2 Å². The summed E-state index contributed by atoms with van der Waals surface area (Å²) in [5, 5.41) is 4.06. The Hall–Kier alpha value is -1.44. The number of hydrogen-bond acceptors (Lipinski definition) is 5. The monoisotopic (exact) mass is 324 g/mol. The fourth-order valence-electron chi connectivity index (χ4n) is 2.78. The first kappa shape index (κ1) is 15.5. The Balaban J connectivity index is 1.62. The molecule has 2 aliphatic heterocycles. The van der Waals surface area contributed by atoms with Crippen molar-refractivity contribution in [2.24, 2.45) is 0 Å². The lowest BCUT2D eigenvalue weighted by atomic mass is 10.1. The molecule has 1 aromatic rings. The summed E-state index contributed by atoms with van der Waals surface area (Å²) in [6.07, 6.45) is -0.0951. The van der Waals surface area contributed by atoms with Crippen molar-refractivity contribution >= 4 is 23.2 Å². The number of rotatable bonds is 3. The van der Waals surface area contributed by atoms with Gasteiger partial charge in [-0.2, -0.15) is 11.3 Å². The highest BCUT2D eigenvalue weighted by atomic mass is 32.1. The van der Waals surface area contributed by atoms with Crippen molar-refractivity contribution in [2.45, 2.75) is 19.1 Å². The van der Waals surface area contributed by atoms with Crippen molar-refractivity contribution in [3.63, 3.8) is 0 Å². The lowest BCUT2D eigenvalue weighted by Crippen LogP contribution is -2.52. The lowest BCUT2D eigenvalue weighted by molar-refractivity contribution is -0.154. The minimum atomic E-state index is -0.115. The van der Waals surface area contributed by atoms with Gasteiger partial charge in [-0.15, -0.1) is 0 Å². The Bertz CT molecular complexity index is 534. The molecule has 2 aliphatic rings. The zero-order chi connectivity index (χ0) is 15.5. The Morgan fingerprint density at radius 2 is 2.32 bits per heavy atom. The van der Waals surface area contributed by atoms with Crippen molar-refractivity contribution in [1.82, 2.24) is 9.80 Å². The molecule has 7 heteroatoms. The molecule has 22 heavy (non-hydrogen) atoms. The molecular weight excluding hydrogens is 304 g/mol. The van der Waals surface area contributed by atoms with Crippen LogP contribution >= 0.6 is 11.3 Å². The number of amides is 2. The van der Waals surface area contributed by atoms with E-state index >= 15 is 0 Å². The summed E-state index contributed by atoms with van der Waals surface area (Å²) in [4.78, 5) is 27.6. The van der Waals surface area contributed by atoms with Crippen LogP contribution in [0.5, 0.6) is 0 Å². The van der Waals surface area contributed by atoms with Gasteiger partial charge >= 0.3 is 0 Å². The van der Waals surface area contributed by atoms with Crippen LogP contribution < -0.4 is 0 Å². The Morgan fingerprint density at radius 3 is 3.05 bits per heavy atom. The molecular formula is C15H20N2O4S. The standard InChI is InChI=1S/C15H20N2O4S/c1-11-6-17(7-13(21-11)12-2-5-22-10-12)14(18)8-16-3-4-20-9-15(16)19/h2,5,10-11,13H,3-4,6-9H2,1H3/t11-,13+/m0/s1. The van der Waals surface area contributed by atoms with Gasteiger partial charge in [0, 0.05) is 13.1 Å². The second-order valence-corrected chi connectivity index (χ2v) is 6.44. The van der Waals surface area contributed by atoms with E-state index in [4.69, 9.17) is 9.47 Å². The molecule has 0 saturated carbocycles. The van der Waals surface area contributed by atoms with Crippen LogP contribution in [0.4, 0.5) is 0 Å². The quantitative estimate of drug-likeness (QED) is 0.829. The van der Waals surface area contributed by atoms with Crippen molar-refractivity contribution < 1.29 is 19.1 Å². The summed E-state index contributed by atoms with van der Waals surface area (Å²) in [5.74, 6) is -0.138. The first-order chi connectivity index (χ1) is 10.6. The van der Waals surface area contributed by atoms with Crippen molar-refractivity contribution in [3.05, 3.63) is 22.4 Å². The van der Waals surface area contributed by atoms with E-state index in [1.807, 2.05) is 18.4 Å². The number of nitrogens with zero attached hydrogens (tertiary/aromatic N) is 2. The van der Waals surface area contributed by atoms with E-state index < -0.39 is 0 Å². The third-order valence-corrected chi connectivity index (χ3v) is 4.64. The van der Waals surface area contributed by atoms with Gasteiger partial charge in [0.05, 0.1) is 25.8 Å². The molecule has 0 bridgehead atoms. The fraction of sp³-hybridized carbons (Fsp3) is 0.600. The maximum absolute atomic E-state index is 12.5. The summed E-state index contributed by atoms with van der Waals surface area (Å²) >= 11 is 1.62. The minimum Gasteiger partial charge on any atom is -0.370 e. The summed E-state index contributed by atoms with van der Waals surface area (Å²) in [6, 6.07) is 2.03. The number of hydrogen-bond donors (Lipinski definition) is 0. The first-order valence-corrected chi connectivity index (χ1v) is 8.38. The summed E-state index contributed by atoms with van der Waals surface area (Å²) in [5.41, 5.74) is 1.11. The first-order valence-electron chi connectivity index (χ1n) is 7.44. The van der Waals surface area contributed by atoms with Gasteiger partial charge in [-0.1, -0.05) is 0 Å². The highest BCUT2D eigenvalue weighted by Gasteiger charge is 2.31. The highest BCUT2D eigenvalue weighted by molar-refractivity contribution is 7.07. The van der Waals surface area contributed by atoms with Crippen LogP contribution in [0.2, 0.25) is 0 Å². The zero-order valence-electron chi connectivity index (χ0n) is 12.6. The number of ether oxygens (including phenoxy) is 2. The molecule has 0 radical (unpaired) electrons. The smallest absolute Gasteiger partial charge is 0.249 e. The molecule has 0 N–H and O–H groups in total. The SMILES string of the molecule is C[C@H]1CN(C(=O)CN2CCOCC2=O)C[C@H](c2ccsc2)O1. The molecule has 2 fully saturated rings. The van der Waals surface area contributed by atoms with Crippen LogP contribution in [0.1, 0.15) is 18.6 Å². The Labute approximate surface area is 133 Å². The van der Waals surface area contributed by atoms with E-state index in [9.17, 15) is 9.59 Å². The topological polar surface area (TPSA) is 59.1 Å². The lowest BCUT2D eigenvalue weighted by Gasteiger charge is -2.38. The normalized spacial score (nSPS) is 26.3. The van der Waals surface area contributed by atoms with Crippen molar-refractivity contribution in [1.29, 1.82) is 0 Å². The predicted octanol–water partition coefficient (Wildman–Crippen LogP) is 0.895. The third-order valence-electron chi connectivity index (χ3n) is 3.94. The summed E-state index contributed by atoms with van der Waals surface area (Å²) in [7, 11) is 0. The molecule has 0 aromatic carbocycles. The van der Waals surface area contributed by atoms with E-state index in [1.54, 1.807) is 21.1 Å². The van der Waals surface area contributed by atoms with E-state index in [2.05, 4.69) is 5.38 Å². The van der Waals surface area contributed by atoms with Crippen LogP contribution in [0, 0.1) is 0 Å².